The van der Waals surface area contributed by atoms with E-state index < -0.39 is 28.5 Å². The van der Waals surface area contributed by atoms with Crippen LogP contribution in [0.1, 0.15) is 49.8 Å². The molecule has 1 heterocycles. The SMILES string of the molecule is CC(C)(C)OC(=O)NCC(SCc1ccccc1C#N)C(=O)NCC(O)(CCc1ccccc1)c1nc2ccccc2o1. The number of amides is 2. The summed E-state index contributed by atoms with van der Waals surface area (Å²) >= 11 is 1.28. The van der Waals surface area contributed by atoms with Crippen LogP contribution in [0, 0.1) is 11.3 Å². The fourth-order valence-electron chi connectivity index (χ4n) is 4.35. The summed E-state index contributed by atoms with van der Waals surface area (Å²) in [5, 5.41) is 26.2. The molecule has 0 radical (unpaired) electrons. The zero-order valence-corrected chi connectivity index (χ0v) is 25.3. The van der Waals surface area contributed by atoms with E-state index in [0.717, 1.165) is 11.1 Å². The van der Waals surface area contributed by atoms with Crippen LogP contribution in [0.4, 0.5) is 4.79 Å². The van der Waals surface area contributed by atoms with Crippen LogP contribution in [0.5, 0.6) is 0 Å². The summed E-state index contributed by atoms with van der Waals surface area (Å²) in [6.07, 6.45) is 0.122. The van der Waals surface area contributed by atoms with Crippen molar-refractivity contribution in [2.24, 2.45) is 0 Å². The van der Waals surface area contributed by atoms with Gasteiger partial charge in [-0.25, -0.2) is 9.78 Å². The number of rotatable bonds is 12. The normalized spacial score (nSPS) is 13.5. The van der Waals surface area contributed by atoms with Crippen molar-refractivity contribution in [3.63, 3.8) is 0 Å². The number of hydrogen-bond acceptors (Lipinski definition) is 8. The molecule has 4 rings (SSSR count). The van der Waals surface area contributed by atoms with Crippen LogP contribution in [0.3, 0.4) is 0 Å². The predicted octanol–water partition coefficient (Wildman–Crippen LogP) is 5.46. The first-order valence-corrected chi connectivity index (χ1v) is 15.1. The molecule has 10 heteroatoms. The Morgan fingerprint density at radius 1 is 1.02 bits per heavy atom. The van der Waals surface area contributed by atoms with Gasteiger partial charge in [-0.3, -0.25) is 4.79 Å². The first kappa shape index (κ1) is 31.6. The number of nitrogens with one attached hydrogen (secondary N) is 2. The third kappa shape index (κ3) is 9.08. The number of hydrogen-bond donors (Lipinski definition) is 3. The van der Waals surface area contributed by atoms with Gasteiger partial charge in [-0.1, -0.05) is 60.7 Å². The second-order valence-electron chi connectivity index (χ2n) is 11.2. The molecule has 43 heavy (non-hydrogen) atoms. The molecule has 2 amide bonds. The lowest BCUT2D eigenvalue weighted by Gasteiger charge is -2.27. The summed E-state index contributed by atoms with van der Waals surface area (Å²) in [6.45, 7) is 5.08. The fraction of sp³-hybridized carbons (Fsp3) is 0.333. The Balaban J connectivity index is 1.52. The maximum absolute atomic E-state index is 13.6. The summed E-state index contributed by atoms with van der Waals surface area (Å²) in [5.74, 6) is 0.0787. The number of nitriles is 1. The monoisotopic (exact) mass is 600 g/mol. The largest absolute Gasteiger partial charge is 0.444 e. The van der Waals surface area contributed by atoms with E-state index in [2.05, 4.69) is 21.7 Å². The minimum atomic E-state index is -1.61. The Labute approximate surface area is 255 Å². The molecule has 0 saturated heterocycles. The number of fused-ring (bicyclic) bond motifs is 1. The molecule has 0 spiro atoms. The summed E-state index contributed by atoms with van der Waals surface area (Å²) in [4.78, 5) is 30.5. The highest BCUT2D eigenvalue weighted by Crippen LogP contribution is 2.29. The molecule has 0 saturated carbocycles. The molecule has 0 bridgehead atoms. The van der Waals surface area contributed by atoms with E-state index in [1.165, 1.54) is 11.8 Å². The van der Waals surface area contributed by atoms with Crippen LogP contribution >= 0.6 is 11.8 Å². The van der Waals surface area contributed by atoms with Gasteiger partial charge in [0, 0.05) is 12.3 Å². The number of ether oxygens (including phenoxy) is 1. The Morgan fingerprint density at radius 3 is 2.44 bits per heavy atom. The van der Waals surface area contributed by atoms with Gasteiger partial charge in [-0.05, 0) is 62.9 Å². The zero-order valence-electron chi connectivity index (χ0n) is 24.5. The van der Waals surface area contributed by atoms with Gasteiger partial charge in [-0.15, -0.1) is 11.8 Å². The lowest BCUT2D eigenvalue weighted by Crippen LogP contribution is -2.47. The lowest BCUT2D eigenvalue weighted by molar-refractivity contribution is -0.122. The number of alkyl carbamates (subject to hydrolysis) is 1. The minimum absolute atomic E-state index is 0.0224. The maximum Gasteiger partial charge on any atom is 0.407 e. The number of nitrogens with zero attached hydrogens (tertiary/aromatic N) is 2. The second-order valence-corrected chi connectivity index (χ2v) is 12.4. The second kappa shape index (κ2) is 14.2. The first-order valence-electron chi connectivity index (χ1n) is 14.0. The predicted molar refractivity (Wildman–Crippen MR) is 166 cm³/mol. The molecule has 0 aliphatic carbocycles. The molecule has 0 aliphatic heterocycles. The molecule has 4 aromatic rings. The summed E-state index contributed by atoms with van der Waals surface area (Å²) in [5.41, 5.74) is 1.15. The lowest BCUT2D eigenvalue weighted by atomic mass is 9.94. The third-order valence-corrected chi connectivity index (χ3v) is 7.88. The Morgan fingerprint density at radius 2 is 1.72 bits per heavy atom. The Bertz CT molecular complexity index is 1540. The molecule has 2 atom stereocenters. The molecule has 3 N–H and O–H groups in total. The fourth-order valence-corrected chi connectivity index (χ4v) is 5.42. The quantitative estimate of drug-likeness (QED) is 0.195. The van der Waals surface area contributed by atoms with Crippen LogP contribution in [0.2, 0.25) is 0 Å². The van der Waals surface area contributed by atoms with Crippen molar-refractivity contribution in [1.82, 2.24) is 15.6 Å². The van der Waals surface area contributed by atoms with Crippen molar-refractivity contribution in [3.8, 4) is 6.07 Å². The average molecular weight is 601 g/mol. The number of benzene rings is 3. The van der Waals surface area contributed by atoms with E-state index in [0.29, 0.717) is 28.8 Å². The number of oxazole rings is 1. The molecule has 1 aromatic heterocycles. The smallest absolute Gasteiger partial charge is 0.407 e. The van der Waals surface area contributed by atoms with E-state index in [-0.39, 0.29) is 25.4 Å². The van der Waals surface area contributed by atoms with E-state index in [9.17, 15) is 20.0 Å². The van der Waals surface area contributed by atoms with Gasteiger partial charge in [0.05, 0.1) is 18.2 Å². The highest BCUT2D eigenvalue weighted by atomic mass is 32.2. The van der Waals surface area contributed by atoms with Gasteiger partial charge in [0.1, 0.15) is 16.4 Å². The van der Waals surface area contributed by atoms with Gasteiger partial charge < -0.3 is 24.9 Å². The van der Waals surface area contributed by atoms with Crippen LogP contribution < -0.4 is 10.6 Å². The van der Waals surface area contributed by atoms with Gasteiger partial charge in [0.25, 0.3) is 0 Å². The number of thioether (sulfide) groups is 1. The van der Waals surface area contributed by atoms with Crippen LogP contribution in [0.25, 0.3) is 11.1 Å². The first-order chi connectivity index (χ1) is 20.6. The molecule has 0 fully saturated rings. The molecule has 224 valence electrons. The van der Waals surface area contributed by atoms with E-state index in [4.69, 9.17) is 9.15 Å². The zero-order chi connectivity index (χ0) is 30.9. The number of carbonyl (C=O) groups is 2. The Hall–Kier alpha value is -4.33. The van der Waals surface area contributed by atoms with Crippen molar-refractivity contribution < 1.29 is 23.8 Å². The topological polar surface area (TPSA) is 137 Å². The van der Waals surface area contributed by atoms with Crippen LogP contribution in [0.15, 0.2) is 83.3 Å². The summed E-state index contributed by atoms with van der Waals surface area (Å²) in [7, 11) is 0. The molecular formula is C33H36N4O5S. The van der Waals surface area contributed by atoms with Crippen molar-refractivity contribution in [3.05, 3.63) is 101 Å². The van der Waals surface area contributed by atoms with Crippen molar-refractivity contribution in [2.75, 3.05) is 13.1 Å². The van der Waals surface area contributed by atoms with Crippen LogP contribution in [-0.4, -0.2) is 46.0 Å². The van der Waals surface area contributed by atoms with Gasteiger partial charge in [-0.2, -0.15) is 5.26 Å². The number of aryl methyl sites for hydroxylation is 1. The van der Waals surface area contributed by atoms with Gasteiger partial charge in [0.15, 0.2) is 11.2 Å². The van der Waals surface area contributed by atoms with E-state index in [1.54, 1.807) is 45.0 Å². The molecule has 0 aliphatic rings. The number of aromatic nitrogens is 1. The maximum atomic E-state index is 13.6. The average Bonchev–Trinajstić information content (AvgIpc) is 3.44. The summed E-state index contributed by atoms with van der Waals surface area (Å²) < 4.78 is 11.3. The van der Waals surface area contributed by atoms with E-state index >= 15 is 0 Å². The standard InChI is InChI=1S/C33H36N4O5S/c1-32(2,3)42-31(39)35-20-28(43-21-25-14-8-7-13-24(25)19-34)29(38)36-22-33(40,18-17-23-11-5-4-6-12-23)30-37-26-15-9-10-16-27(26)41-30/h4-16,28,40H,17-18,20-22H2,1-3H3,(H,35,39)(H,36,38). The molecule has 9 nitrogen and oxygen atoms in total. The minimum Gasteiger partial charge on any atom is -0.444 e. The van der Waals surface area contributed by atoms with E-state index in [1.807, 2.05) is 54.6 Å². The molecular weight excluding hydrogens is 564 g/mol. The van der Waals surface area contributed by atoms with Crippen molar-refractivity contribution in [2.45, 2.75) is 55.8 Å². The molecule has 2 unspecified atom stereocenters. The summed E-state index contributed by atoms with van der Waals surface area (Å²) in [6, 6.07) is 26.3. The highest BCUT2D eigenvalue weighted by molar-refractivity contribution is 7.99. The highest BCUT2D eigenvalue weighted by Gasteiger charge is 2.36. The third-order valence-electron chi connectivity index (χ3n) is 6.62. The number of carbonyl (C=O) groups excluding carboxylic acids is 2. The van der Waals surface area contributed by atoms with Crippen LogP contribution in [-0.2, 0) is 27.3 Å². The molecule has 3 aromatic carbocycles. The Kier molecular flexibility index (Phi) is 10.5. The number of aliphatic hydroxyl groups is 1. The van der Waals surface area contributed by atoms with Crippen molar-refractivity contribution >= 4 is 34.9 Å². The van der Waals surface area contributed by atoms with Gasteiger partial charge >= 0.3 is 6.09 Å². The van der Waals surface area contributed by atoms with Gasteiger partial charge in [0.2, 0.25) is 11.8 Å². The van der Waals surface area contributed by atoms with Crippen molar-refractivity contribution in [1.29, 1.82) is 5.26 Å². The number of para-hydroxylation sites is 2.